The van der Waals surface area contributed by atoms with Crippen LogP contribution in [0.5, 0.6) is 0 Å². The Hall–Kier alpha value is -1.09. The molecule has 0 aliphatic rings. The first-order valence-corrected chi connectivity index (χ1v) is 6.89. The lowest BCUT2D eigenvalue weighted by molar-refractivity contribution is 0.581. The van der Waals surface area contributed by atoms with Gasteiger partial charge in [0.2, 0.25) is 0 Å². The van der Waals surface area contributed by atoms with Gasteiger partial charge in [-0.3, -0.25) is 0 Å². The second-order valence-corrected chi connectivity index (χ2v) is 4.61. The number of nitrogens with one attached hydrogen (secondary N) is 1. The van der Waals surface area contributed by atoms with Gasteiger partial charge in [-0.25, -0.2) is 4.39 Å². The summed E-state index contributed by atoms with van der Waals surface area (Å²) in [6.07, 6.45) is 1.02. The molecule has 1 rings (SSSR count). The maximum Gasteiger partial charge on any atom is 0.146 e. The first kappa shape index (κ1) is 15.0. The summed E-state index contributed by atoms with van der Waals surface area (Å²) in [5.41, 5.74) is 1.71. The van der Waals surface area contributed by atoms with Crippen molar-refractivity contribution >= 4 is 5.69 Å². The van der Waals surface area contributed by atoms with Crippen molar-refractivity contribution in [3.8, 4) is 0 Å². The predicted octanol–water partition coefficient (Wildman–Crippen LogP) is 3.56. The van der Waals surface area contributed by atoms with E-state index in [0.29, 0.717) is 11.7 Å². The molecule has 0 saturated carbocycles. The van der Waals surface area contributed by atoms with E-state index in [2.05, 4.69) is 31.0 Å². The fourth-order valence-electron chi connectivity index (χ4n) is 2.10. The molecule has 1 aromatic rings. The zero-order chi connectivity index (χ0) is 13.5. The quantitative estimate of drug-likeness (QED) is 0.798. The van der Waals surface area contributed by atoms with E-state index in [0.717, 1.165) is 31.6 Å². The van der Waals surface area contributed by atoms with Gasteiger partial charge in [-0.05, 0) is 44.5 Å². The van der Waals surface area contributed by atoms with Gasteiger partial charge in [0.25, 0.3) is 0 Å². The van der Waals surface area contributed by atoms with Gasteiger partial charge in [-0.15, -0.1) is 0 Å². The smallest absolute Gasteiger partial charge is 0.146 e. The van der Waals surface area contributed by atoms with Crippen molar-refractivity contribution in [2.24, 2.45) is 0 Å². The van der Waals surface area contributed by atoms with Gasteiger partial charge in [0.1, 0.15) is 5.82 Å². The highest BCUT2D eigenvalue weighted by Crippen LogP contribution is 2.23. The number of rotatable bonds is 7. The van der Waals surface area contributed by atoms with E-state index >= 15 is 0 Å². The Morgan fingerprint density at radius 1 is 1.28 bits per heavy atom. The third kappa shape index (κ3) is 3.70. The van der Waals surface area contributed by atoms with Crippen LogP contribution in [0.2, 0.25) is 0 Å². The van der Waals surface area contributed by atoms with Crippen molar-refractivity contribution < 1.29 is 4.39 Å². The topological polar surface area (TPSA) is 15.3 Å². The van der Waals surface area contributed by atoms with Gasteiger partial charge >= 0.3 is 0 Å². The van der Waals surface area contributed by atoms with Crippen molar-refractivity contribution in [1.29, 1.82) is 0 Å². The molecule has 0 heterocycles. The van der Waals surface area contributed by atoms with Gasteiger partial charge in [-0.1, -0.05) is 19.9 Å². The van der Waals surface area contributed by atoms with Crippen LogP contribution in [-0.2, 0) is 6.54 Å². The van der Waals surface area contributed by atoms with Gasteiger partial charge in [0, 0.05) is 19.1 Å². The first-order valence-electron chi connectivity index (χ1n) is 6.89. The number of hydrogen-bond acceptors (Lipinski definition) is 2. The summed E-state index contributed by atoms with van der Waals surface area (Å²) in [5, 5.41) is 3.21. The fraction of sp³-hybridized carbons (Fsp3) is 0.600. The van der Waals surface area contributed by atoms with E-state index in [9.17, 15) is 4.39 Å². The number of hydrogen-bond donors (Lipinski definition) is 1. The monoisotopic (exact) mass is 252 g/mol. The number of nitrogens with zero attached hydrogens (tertiary/aromatic N) is 1. The molecule has 1 aromatic carbocycles. The zero-order valence-corrected chi connectivity index (χ0v) is 12.0. The van der Waals surface area contributed by atoms with Gasteiger partial charge in [0.15, 0.2) is 0 Å². The van der Waals surface area contributed by atoms with Crippen LogP contribution < -0.4 is 10.2 Å². The number of halogens is 1. The van der Waals surface area contributed by atoms with Gasteiger partial charge < -0.3 is 10.2 Å². The van der Waals surface area contributed by atoms with E-state index in [1.807, 2.05) is 19.1 Å². The summed E-state index contributed by atoms with van der Waals surface area (Å²) in [6.45, 7) is 10.8. The second kappa shape index (κ2) is 7.37. The highest BCUT2D eigenvalue weighted by molar-refractivity contribution is 5.50. The van der Waals surface area contributed by atoms with Crippen LogP contribution in [0.1, 0.15) is 39.7 Å². The molecule has 0 aliphatic carbocycles. The highest BCUT2D eigenvalue weighted by Gasteiger charge is 2.15. The van der Waals surface area contributed by atoms with E-state index < -0.39 is 0 Å². The Morgan fingerprint density at radius 2 is 2.00 bits per heavy atom. The van der Waals surface area contributed by atoms with Crippen LogP contribution in [0.15, 0.2) is 18.2 Å². The molecule has 0 bridgehead atoms. The molecule has 1 N–H and O–H groups in total. The van der Waals surface area contributed by atoms with Crippen molar-refractivity contribution in [1.82, 2.24) is 5.32 Å². The lowest BCUT2D eigenvalue weighted by Crippen LogP contribution is -2.33. The summed E-state index contributed by atoms with van der Waals surface area (Å²) in [6, 6.07) is 5.91. The fourth-order valence-corrected chi connectivity index (χ4v) is 2.10. The maximum absolute atomic E-state index is 14.1. The summed E-state index contributed by atoms with van der Waals surface area (Å²) >= 11 is 0. The Labute approximate surface area is 110 Å². The van der Waals surface area contributed by atoms with Crippen LogP contribution in [-0.4, -0.2) is 19.1 Å². The average molecular weight is 252 g/mol. The van der Waals surface area contributed by atoms with Crippen LogP contribution >= 0.6 is 0 Å². The largest absolute Gasteiger partial charge is 0.367 e. The maximum atomic E-state index is 14.1. The molecule has 3 heteroatoms. The molecule has 1 unspecified atom stereocenters. The summed E-state index contributed by atoms with van der Waals surface area (Å²) < 4.78 is 14.1. The molecule has 2 nitrogen and oxygen atoms in total. The van der Waals surface area contributed by atoms with Crippen molar-refractivity contribution in [2.45, 2.75) is 46.7 Å². The molecule has 18 heavy (non-hydrogen) atoms. The molecule has 0 spiro atoms. The summed E-state index contributed by atoms with van der Waals surface area (Å²) in [7, 11) is 0. The van der Waals surface area contributed by atoms with Crippen LogP contribution in [0.4, 0.5) is 10.1 Å². The van der Waals surface area contributed by atoms with E-state index in [-0.39, 0.29) is 5.82 Å². The molecular weight excluding hydrogens is 227 g/mol. The van der Waals surface area contributed by atoms with E-state index in [1.165, 1.54) is 0 Å². The normalized spacial score (nSPS) is 12.5. The Kier molecular flexibility index (Phi) is 6.13. The molecule has 0 amide bonds. The minimum atomic E-state index is -0.118. The summed E-state index contributed by atoms with van der Waals surface area (Å²) in [5.74, 6) is -0.118. The predicted molar refractivity (Wildman–Crippen MR) is 76.6 cm³/mol. The van der Waals surface area contributed by atoms with Crippen LogP contribution in [0.3, 0.4) is 0 Å². The molecule has 0 aliphatic heterocycles. The van der Waals surface area contributed by atoms with E-state index in [4.69, 9.17) is 0 Å². The second-order valence-electron chi connectivity index (χ2n) is 4.61. The summed E-state index contributed by atoms with van der Waals surface area (Å²) in [4.78, 5) is 2.12. The molecule has 0 radical (unpaired) electrons. The molecule has 0 fully saturated rings. The van der Waals surface area contributed by atoms with Gasteiger partial charge in [-0.2, -0.15) is 0 Å². The lowest BCUT2D eigenvalue weighted by Gasteiger charge is -2.30. The third-order valence-electron chi connectivity index (χ3n) is 3.36. The Morgan fingerprint density at radius 3 is 2.50 bits per heavy atom. The van der Waals surface area contributed by atoms with Gasteiger partial charge in [0.05, 0.1) is 5.69 Å². The average Bonchev–Trinajstić information content (AvgIpc) is 2.39. The first-order chi connectivity index (χ1) is 8.63. The number of anilines is 1. The van der Waals surface area contributed by atoms with Crippen LogP contribution in [0.25, 0.3) is 0 Å². The minimum absolute atomic E-state index is 0.118. The third-order valence-corrected chi connectivity index (χ3v) is 3.36. The number of benzene rings is 1. The molecule has 0 saturated heterocycles. The van der Waals surface area contributed by atoms with E-state index in [1.54, 1.807) is 6.07 Å². The Balaban J connectivity index is 2.89. The molecule has 1 atom stereocenters. The SMILES string of the molecule is CCNCc1ccc(N(CC)C(C)CC)c(F)c1. The lowest BCUT2D eigenvalue weighted by atomic mass is 10.1. The Bertz CT molecular complexity index is 366. The molecular formula is C15H25FN2. The van der Waals surface area contributed by atoms with Crippen molar-refractivity contribution in [3.05, 3.63) is 29.6 Å². The van der Waals surface area contributed by atoms with Crippen molar-refractivity contribution in [2.75, 3.05) is 18.0 Å². The minimum Gasteiger partial charge on any atom is -0.367 e. The zero-order valence-electron chi connectivity index (χ0n) is 12.0. The van der Waals surface area contributed by atoms with Crippen LogP contribution in [0, 0.1) is 5.82 Å². The van der Waals surface area contributed by atoms with Crippen molar-refractivity contribution in [3.63, 3.8) is 0 Å². The standard InChI is InChI=1S/C15H25FN2/c1-5-12(4)18(7-3)15-9-8-13(10-14(15)16)11-17-6-2/h8-10,12,17H,5-7,11H2,1-4H3. The highest BCUT2D eigenvalue weighted by atomic mass is 19.1. The molecule has 0 aromatic heterocycles. The molecule has 102 valence electrons.